The van der Waals surface area contributed by atoms with Gasteiger partial charge in [-0.1, -0.05) is 12.8 Å². The second-order valence-corrected chi connectivity index (χ2v) is 7.97. The predicted molar refractivity (Wildman–Crippen MR) is 93.4 cm³/mol. The molecule has 7 heteroatoms. The number of aryl methyl sites for hydroxylation is 1. The van der Waals surface area contributed by atoms with E-state index in [2.05, 4.69) is 5.32 Å². The minimum Gasteiger partial charge on any atom is -0.550 e. The Kier molecular flexibility index (Phi) is 6.21. The van der Waals surface area contributed by atoms with E-state index >= 15 is 0 Å². The molecule has 1 amide bonds. The highest BCUT2D eigenvalue weighted by Crippen LogP contribution is 2.36. The van der Waals surface area contributed by atoms with E-state index in [1.54, 1.807) is 13.8 Å². The van der Waals surface area contributed by atoms with E-state index < -0.39 is 23.8 Å². The number of carboxylic acid groups (broad SMARTS) is 1. The zero-order valence-electron chi connectivity index (χ0n) is 15.0. The van der Waals surface area contributed by atoms with Gasteiger partial charge in [-0.2, -0.15) is 0 Å². The van der Waals surface area contributed by atoms with Gasteiger partial charge in [0.15, 0.2) is 0 Å². The lowest BCUT2D eigenvalue weighted by Gasteiger charge is -2.31. The summed E-state index contributed by atoms with van der Waals surface area (Å²) >= 11 is 1.30. The quantitative estimate of drug-likeness (QED) is 0.808. The Balaban J connectivity index is 2.24. The molecule has 1 aliphatic rings. The van der Waals surface area contributed by atoms with Gasteiger partial charge in [0.1, 0.15) is 5.00 Å². The predicted octanol–water partition coefficient (Wildman–Crippen LogP) is 2.42. The lowest BCUT2D eigenvalue weighted by Crippen LogP contribution is -2.42. The summed E-state index contributed by atoms with van der Waals surface area (Å²) in [6.07, 6.45) is 2.29. The first-order chi connectivity index (χ1) is 11.7. The van der Waals surface area contributed by atoms with Crippen molar-refractivity contribution >= 4 is 34.2 Å². The Morgan fingerprint density at radius 1 is 1.16 bits per heavy atom. The third-order valence-electron chi connectivity index (χ3n) is 4.57. The molecule has 0 aromatic carbocycles. The molecule has 1 aromatic rings. The summed E-state index contributed by atoms with van der Waals surface area (Å²) in [4.78, 5) is 37.2. The largest absolute Gasteiger partial charge is 0.550 e. The molecule has 0 radical (unpaired) electrons. The van der Waals surface area contributed by atoms with Crippen LogP contribution in [-0.2, 0) is 14.3 Å². The van der Waals surface area contributed by atoms with Crippen LogP contribution in [0.2, 0.25) is 0 Å². The average molecular weight is 366 g/mol. The number of amides is 1. The van der Waals surface area contributed by atoms with Gasteiger partial charge >= 0.3 is 5.97 Å². The monoisotopic (exact) mass is 366 g/mol. The number of aliphatic carboxylic acids is 1. The molecule has 0 bridgehead atoms. The van der Waals surface area contributed by atoms with Gasteiger partial charge in [0, 0.05) is 22.7 Å². The van der Waals surface area contributed by atoms with E-state index in [0.29, 0.717) is 23.4 Å². The van der Waals surface area contributed by atoms with Gasteiger partial charge in [-0.15, -0.1) is 11.3 Å². The summed E-state index contributed by atoms with van der Waals surface area (Å²) in [6.45, 7) is 7.20. The van der Waals surface area contributed by atoms with Gasteiger partial charge in [-0.25, -0.2) is 4.79 Å². The smallest absolute Gasteiger partial charge is 0.341 e. The second kappa shape index (κ2) is 7.99. The third kappa shape index (κ3) is 4.39. The van der Waals surface area contributed by atoms with Gasteiger partial charge in [0.2, 0.25) is 5.91 Å². The third-order valence-corrected chi connectivity index (χ3v) is 5.70. The van der Waals surface area contributed by atoms with Crippen LogP contribution in [-0.4, -0.2) is 23.9 Å². The number of rotatable bonds is 5. The van der Waals surface area contributed by atoms with Crippen molar-refractivity contribution < 1.29 is 24.2 Å². The van der Waals surface area contributed by atoms with Crippen LogP contribution >= 0.6 is 11.3 Å². The fraction of sp³-hybridized carbons (Fsp3) is 0.611. The highest BCUT2D eigenvalue weighted by atomic mass is 32.1. The molecule has 0 saturated heterocycles. The second-order valence-electron chi connectivity index (χ2n) is 6.75. The Labute approximate surface area is 151 Å². The van der Waals surface area contributed by atoms with E-state index in [1.165, 1.54) is 11.3 Å². The first-order valence-corrected chi connectivity index (χ1v) is 9.36. The molecule has 1 N–H and O–H groups in total. The fourth-order valence-corrected chi connectivity index (χ4v) is 4.22. The van der Waals surface area contributed by atoms with Crippen molar-refractivity contribution in [2.24, 2.45) is 11.8 Å². The molecule has 0 spiro atoms. The molecule has 6 nitrogen and oxygen atoms in total. The normalized spacial score (nSPS) is 20.4. The van der Waals surface area contributed by atoms with E-state index in [4.69, 9.17) is 4.74 Å². The van der Waals surface area contributed by atoms with Crippen molar-refractivity contribution in [2.75, 3.05) is 5.32 Å². The van der Waals surface area contributed by atoms with Crippen LogP contribution in [0.4, 0.5) is 5.00 Å². The van der Waals surface area contributed by atoms with E-state index in [9.17, 15) is 19.5 Å². The lowest BCUT2D eigenvalue weighted by molar-refractivity contribution is -0.313. The Morgan fingerprint density at radius 2 is 1.76 bits per heavy atom. The zero-order chi connectivity index (χ0) is 18.7. The Morgan fingerprint density at radius 3 is 2.32 bits per heavy atom. The van der Waals surface area contributed by atoms with Crippen molar-refractivity contribution in [3.05, 3.63) is 16.0 Å². The van der Waals surface area contributed by atoms with Crippen LogP contribution in [0.5, 0.6) is 0 Å². The van der Waals surface area contributed by atoms with E-state index in [0.717, 1.165) is 23.3 Å². The average Bonchev–Trinajstić information content (AvgIpc) is 2.80. The van der Waals surface area contributed by atoms with Gasteiger partial charge in [-0.3, -0.25) is 4.79 Å². The molecule has 138 valence electrons. The van der Waals surface area contributed by atoms with Gasteiger partial charge in [-0.05, 0) is 46.1 Å². The van der Waals surface area contributed by atoms with Gasteiger partial charge < -0.3 is 20.0 Å². The molecule has 2 rings (SSSR count). The summed E-state index contributed by atoms with van der Waals surface area (Å²) < 4.78 is 5.27. The lowest BCUT2D eigenvalue weighted by atomic mass is 9.79. The number of thiophene rings is 1. The van der Waals surface area contributed by atoms with Gasteiger partial charge in [0.05, 0.1) is 11.7 Å². The number of carboxylic acids is 1. The van der Waals surface area contributed by atoms with Crippen LogP contribution in [0.3, 0.4) is 0 Å². The maximum Gasteiger partial charge on any atom is 0.341 e. The number of hydrogen-bond donors (Lipinski definition) is 1. The number of esters is 1. The first-order valence-electron chi connectivity index (χ1n) is 8.55. The van der Waals surface area contributed by atoms with Crippen molar-refractivity contribution in [3.8, 4) is 0 Å². The summed E-state index contributed by atoms with van der Waals surface area (Å²) in [5, 5.41) is 14.5. The molecular weight excluding hydrogens is 342 g/mol. The number of ether oxygens (including phenoxy) is 1. The Hall–Kier alpha value is -1.89. The van der Waals surface area contributed by atoms with Crippen molar-refractivity contribution in [3.63, 3.8) is 0 Å². The topological polar surface area (TPSA) is 95.5 Å². The van der Waals surface area contributed by atoms with Gasteiger partial charge in [0.25, 0.3) is 0 Å². The molecule has 1 heterocycles. The van der Waals surface area contributed by atoms with E-state index in [1.807, 2.05) is 13.8 Å². The molecule has 1 fully saturated rings. The number of hydrogen-bond acceptors (Lipinski definition) is 6. The van der Waals surface area contributed by atoms with Crippen LogP contribution in [0.25, 0.3) is 0 Å². The van der Waals surface area contributed by atoms with Crippen LogP contribution in [0.1, 0.15) is 60.3 Å². The van der Waals surface area contributed by atoms with E-state index in [-0.39, 0.29) is 12.0 Å². The molecular formula is C18H24NO5S-. The van der Waals surface area contributed by atoms with Crippen LogP contribution in [0.15, 0.2) is 0 Å². The summed E-state index contributed by atoms with van der Waals surface area (Å²) in [5.74, 6) is -3.43. The Bertz CT molecular complexity index is 679. The molecule has 1 saturated carbocycles. The molecule has 0 unspecified atom stereocenters. The van der Waals surface area contributed by atoms with Crippen LogP contribution < -0.4 is 10.4 Å². The minimum atomic E-state index is -1.18. The standard InChI is InChI=1S/C18H25NO5S/c1-9(2)24-18(23)14-10(3)11(4)25-16(14)19-15(20)12-7-5-6-8-13(12)17(21)22/h9,12-13H,5-8H2,1-4H3,(H,19,20)(H,21,22)/p-1/t12-,13+/m1/s1. The molecule has 1 aromatic heterocycles. The number of nitrogens with one attached hydrogen (secondary N) is 1. The van der Waals surface area contributed by atoms with Crippen molar-refractivity contribution in [1.29, 1.82) is 0 Å². The fourth-order valence-electron chi connectivity index (χ4n) is 3.17. The minimum absolute atomic E-state index is 0.267. The number of anilines is 1. The van der Waals surface area contributed by atoms with Crippen LogP contribution in [0, 0.1) is 25.7 Å². The van der Waals surface area contributed by atoms with Crippen molar-refractivity contribution in [2.45, 2.75) is 59.5 Å². The van der Waals surface area contributed by atoms with Crippen molar-refractivity contribution in [1.82, 2.24) is 0 Å². The maximum absolute atomic E-state index is 12.7. The summed E-state index contributed by atoms with van der Waals surface area (Å²) in [5.41, 5.74) is 1.12. The number of carbonyl (C=O) groups excluding carboxylic acids is 3. The number of carbonyl (C=O) groups is 3. The molecule has 1 aliphatic carbocycles. The summed E-state index contributed by atoms with van der Waals surface area (Å²) in [6, 6.07) is 0. The maximum atomic E-state index is 12.7. The molecule has 0 aliphatic heterocycles. The molecule has 2 atom stereocenters. The SMILES string of the molecule is Cc1sc(NC(=O)[C@@H]2CCCC[C@@H]2C(=O)[O-])c(C(=O)OC(C)C)c1C. The highest BCUT2D eigenvalue weighted by molar-refractivity contribution is 7.16. The zero-order valence-corrected chi connectivity index (χ0v) is 15.8. The summed E-state index contributed by atoms with van der Waals surface area (Å²) in [7, 11) is 0. The molecule has 25 heavy (non-hydrogen) atoms. The first kappa shape index (κ1) is 19.4. The highest BCUT2D eigenvalue weighted by Gasteiger charge is 2.33.